The van der Waals surface area contributed by atoms with Crippen LogP contribution < -0.4 is 0 Å². The second kappa shape index (κ2) is 2.99. The zero-order chi connectivity index (χ0) is 9.42. The Morgan fingerprint density at radius 1 is 1.62 bits per heavy atom. The summed E-state index contributed by atoms with van der Waals surface area (Å²) in [5.74, 6) is -0.944. The Balaban J connectivity index is 2.81. The summed E-state index contributed by atoms with van der Waals surface area (Å²) in [5, 5.41) is 9.66. The predicted octanol–water partition coefficient (Wildman–Crippen LogP) is 1.87. The average Bonchev–Trinajstić information content (AvgIpc) is 2.45. The number of aromatic amines is 1. The van der Waals surface area contributed by atoms with E-state index < -0.39 is 5.97 Å². The second-order valence-electron chi connectivity index (χ2n) is 2.54. The van der Waals surface area contributed by atoms with Crippen molar-refractivity contribution in [1.82, 2.24) is 9.97 Å². The van der Waals surface area contributed by atoms with Gasteiger partial charge in [-0.3, -0.25) is 4.98 Å². The third kappa shape index (κ3) is 1.28. The van der Waals surface area contributed by atoms with Gasteiger partial charge in [-0.2, -0.15) is 0 Å². The third-order valence-corrected chi connectivity index (χ3v) is 2.87. The molecule has 0 spiro atoms. The van der Waals surface area contributed by atoms with Crippen molar-refractivity contribution in [3.63, 3.8) is 0 Å². The first kappa shape index (κ1) is 8.49. The van der Waals surface area contributed by atoms with Gasteiger partial charge in [-0.25, -0.2) is 4.79 Å². The first-order valence-electron chi connectivity index (χ1n) is 3.54. The molecule has 0 aliphatic rings. The van der Waals surface area contributed by atoms with E-state index >= 15 is 0 Å². The normalized spacial score (nSPS) is 10.5. The van der Waals surface area contributed by atoms with Crippen LogP contribution in [0.4, 0.5) is 0 Å². The number of nitrogens with zero attached hydrogens (tertiary/aromatic N) is 1. The summed E-state index contributed by atoms with van der Waals surface area (Å²) in [4.78, 5) is 17.5. The molecule has 4 nitrogen and oxygen atoms in total. The Morgan fingerprint density at radius 2 is 2.38 bits per heavy atom. The molecule has 5 heteroatoms. The molecule has 0 amide bonds. The number of carboxylic acid groups (broad SMARTS) is 1. The van der Waals surface area contributed by atoms with Gasteiger partial charge in [0, 0.05) is 17.8 Å². The molecule has 2 aromatic heterocycles. The molecule has 0 aromatic carbocycles. The standard InChI is InChI=1S/C8H5IN2O2/c9-6-4-3-10-2-1-5(4)11-7(6)8(12)13/h1-3,11H,(H,12,13). The van der Waals surface area contributed by atoms with E-state index in [0.717, 1.165) is 10.9 Å². The largest absolute Gasteiger partial charge is 0.477 e. The van der Waals surface area contributed by atoms with E-state index in [1.807, 2.05) is 22.6 Å². The number of pyridine rings is 1. The summed E-state index contributed by atoms with van der Waals surface area (Å²) in [6, 6.07) is 1.75. The van der Waals surface area contributed by atoms with E-state index in [1.165, 1.54) is 0 Å². The van der Waals surface area contributed by atoms with E-state index in [0.29, 0.717) is 3.57 Å². The van der Waals surface area contributed by atoms with Crippen molar-refractivity contribution >= 4 is 39.5 Å². The molecule has 0 aliphatic heterocycles. The molecule has 0 saturated heterocycles. The maximum absolute atomic E-state index is 10.7. The van der Waals surface area contributed by atoms with Gasteiger partial charge in [0.25, 0.3) is 0 Å². The number of hydrogen-bond acceptors (Lipinski definition) is 2. The molecular weight excluding hydrogens is 283 g/mol. The van der Waals surface area contributed by atoms with E-state index in [-0.39, 0.29) is 5.69 Å². The lowest BCUT2D eigenvalue weighted by Crippen LogP contribution is -1.97. The minimum atomic E-state index is -0.944. The molecule has 2 heterocycles. The van der Waals surface area contributed by atoms with Gasteiger partial charge < -0.3 is 10.1 Å². The Labute approximate surface area is 87.1 Å². The molecule has 2 aromatic rings. The van der Waals surface area contributed by atoms with Crippen LogP contribution in [0.2, 0.25) is 0 Å². The lowest BCUT2D eigenvalue weighted by atomic mass is 10.3. The summed E-state index contributed by atoms with van der Waals surface area (Å²) < 4.78 is 0.702. The van der Waals surface area contributed by atoms with Crippen LogP contribution in [0.15, 0.2) is 18.5 Å². The first-order chi connectivity index (χ1) is 6.20. The van der Waals surface area contributed by atoms with Crippen LogP contribution in [0.25, 0.3) is 10.9 Å². The van der Waals surface area contributed by atoms with Crippen molar-refractivity contribution in [2.45, 2.75) is 0 Å². The number of carboxylic acids is 1. The van der Waals surface area contributed by atoms with Gasteiger partial charge >= 0.3 is 5.97 Å². The van der Waals surface area contributed by atoms with Crippen molar-refractivity contribution in [3.05, 3.63) is 27.7 Å². The molecule has 66 valence electrons. The number of H-pyrrole nitrogens is 1. The summed E-state index contributed by atoms with van der Waals surface area (Å²) >= 11 is 2.00. The Hall–Kier alpha value is -1.11. The van der Waals surface area contributed by atoms with E-state index in [1.54, 1.807) is 18.5 Å². The van der Waals surface area contributed by atoms with Crippen molar-refractivity contribution in [2.24, 2.45) is 0 Å². The SMILES string of the molecule is O=C(O)c1[nH]c2ccncc2c1I. The third-order valence-electron chi connectivity index (χ3n) is 1.75. The number of fused-ring (bicyclic) bond motifs is 1. The maximum atomic E-state index is 10.7. The highest BCUT2D eigenvalue weighted by atomic mass is 127. The fourth-order valence-corrected chi connectivity index (χ4v) is 1.95. The Kier molecular flexibility index (Phi) is 1.95. The van der Waals surface area contributed by atoms with E-state index in [9.17, 15) is 4.79 Å². The first-order valence-corrected chi connectivity index (χ1v) is 4.62. The quantitative estimate of drug-likeness (QED) is 0.787. The maximum Gasteiger partial charge on any atom is 0.353 e. The van der Waals surface area contributed by atoms with Gasteiger partial charge in [0.1, 0.15) is 5.69 Å². The summed E-state index contributed by atoms with van der Waals surface area (Å²) in [5.41, 5.74) is 1.03. The molecule has 13 heavy (non-hydrogen) atoms. The number of carbonyl (C=O) groups is 1. The second-order valence-corrected chi connectivity index (χ2v) is 3.62. The Bertz CT molecular complexity index is 478. The topological polar surface area (TPSA) is 66.0 Å². The predicted molar refractivity (Wildman–Crippen MR) is 55.8 cm³/mol. The number of halogens is 1. The summed E-state index contributed by atoms with van der Waals surface area (Å²) in [6.45, 7) is 0. The molecule has 0 saturated carbocycles. The van der Waals surface area contributed by atoms with Crippen molar-refractivity contribution in [2.75, 3.05) is 0 Å². The monoisotopic (exact) mass is 288 g/mol. The molecule has 0 radical (unpaired) electrons. The van der Waals surface area contributed by atoms with Crippen molar-refractivity contribution in [1.29, 1.82) is 0 Å². The van der Waals surface area contributed by atoms with Crippen LogP contribution in [-0.4, -0.2) is 21.0 Å². The molecule has 0 aliphatic carbocycles. The highest BCUT2D eigenvalue weighted by Crippen LogP contribution is 2.22. The van der Waals surface area contributed by atoms with Crippen LogP contribution >= 0.6 is 22.6 Å². The van der Waals surface area contributed by atoms with Crippen molar-refractivity contribution < 1.29 is 9.90 Å². The summed E-state index contributed by atoms with van der Waals surface area (Å²) in [6.07, 6.45) is 3.28. The number of rotatable bonds is 1. The van der Waals surface area contributed by atoms with E-state index in [2.05, 4.69) is 9.97 Å². The van der Waals surface area contributed by atoms with Gasteiger partial charge in [-0.05, 0) is 28.7 Å². The average molecular weight is 288 g/mol. The lowest BCUT2D eigenvalue weighted by molar-refractivity contribution is 0.0690. The highest BCUT2D eigenvalue weighted by molar-refractivity contribution is 14.1. The van der Waals surface area contributed by atoms with Crippen LogP contribution in [0.3, 0.4) is 0 Å². The number of aromatic nitrogens is 2. The van der Waals surface area contributed by atoms with Gasteiger partial charge in [-0.1, -0.05) is 0 Å². The number of hydrogen-bond donors (Lipinski definition) is 2. The van der Waals surface area contributed by atoms with Gasteiger partial charge in [0.05, 0.1) is 9.09 Å². The minimum Gasteiger partial charge on any atom is -0.477 e. The molecule has 0 bridgehead atoms. The molecule has 0 unspecified atom stereocenters. The highest BCUT2D eigenvalue weighted by Gasteiger charge is 2.13. The van der Waals surface area contributed by atoms with Crippen LogP contribution in [0.1, 0.15) is 10.5 Å². The summed E-state index contributed by atoms with van der Waals surface area (Å²) in [7, 11) is 0. The molecule has 2 rings (SSSR count). The van der Waals surface area contributed by atoms with Crippen LogP contribution in [0.5, 0.6) is 0 Å². The van der Waals surface area contributed by atoms with Gasteiger partial charge in [-0.15, -0.1) is 0 Å². The van der Waals surface area contributed by atoms with Crippen LogP contribution in [-0.2, 0) is 0 Å². The fourth-order valence-electron chi connectivity index (χ4n) is 1.15. The molecule has 0 fully saturated rings. The molecule has 2 N–H and O–H groups in total. The zero-order valence-electron chi connectivity index (χ0n) is 6.41. The smallest absolute Gasteiger partial charge is 0.353 e. The molecular formula is C8H5IN2O2. The van der Waals surface area contributed by atoms with Crippen LogP contribution in [0, 0.1) is 3.57 Å². The van der Waals surface area contributed by atoms with E-state index in [4.69, 9.17) is 5.11 Å². The zero-order valence-corrected chi connectivity index (χ0v) is 8.57. The molecule has 0 atom stereocenters. The fraction of sp³-hybridized carbons (Fsp3) is 0. The van der Waals surface area contributed by atoms with Gasteiger partial charge in [0.2, 0.25) is 0 Å². The number of nitrogens with one attached hydrogen (secondary N) is 1. The van der Waals surface area contributed by atoms with Gasteiger partial charge in [0.15, 0.2) is 0 Å². The number of aromatic carboxylic acids is 1. The minimum absolute atomic E-state index is 0.226. The lowest BCUT2D eigenvalue weighted by Gasteiger charge is -1.87. The van der Waals surface area contributed by atoms with Crippen molar-refractivity contribution in [3.8, 4) is 0 Å². The Morgan fingerprint density at radius 3 is 3.00 bits per heavy atom.